The molecule has 0 unspecified atom stereocenters. The smallest absolute Gasteiger partial charge is 0.267 e. The monoisotopic (exact) mass is 439 g/mol. The maximum atomic E-state index is 13.1. The first-order valence-corrected chi connectivity index (χ1v) is 11.6. The van der Waals surface area contributed by atoms with Crippen molar-refractivity contribution in [1.82, 2.24) is 9.66 Å². The first-order valence-electron chi connectivity index (χ1n) is 8.93. The molecular weight excluding hydrogens is 422 g/mol. The van der Waals surface area contributed by atoms with Gasteiger partial charge in [0, 0.05) is 22.3 Å². The van der Waals surface area contributed by atoms with Gasteiger partial charge in [-0.1, -0.05) is 30.3 Å². The van der Waals surface area contributed by atoms with Crippen molar-refractivity contribution in [1.29, 1.82) is 0 Å². The highest BCUT2D eigenvalue weighted by Gasteiger charge is 2.18. The van der Waals surface area contributed by atoms with E-state index in [0.717, 1.165) is 26.9 Å². The standard InChI is InChI=1S/C21H17N3O4S2/c1-13-17(14-6-4-3-5-7-14)18-20(29-13)22-12-24(21(18)26)23-19(25)15-8-10-16(11-9-15)30(2,27)28/h3-12H,1-2H3,(H,23,25). The highest BCUT2D eigenvalue weighted by Crippen LogP contribution is 2.35. The normalized spacial score (nSPS) is 11.5. The van der Waals surface area contributed by atoms with Crippen molar-refractivity contribution in [3.05, 3.63) is 81.7 Å². The Hall–Kier alpha value is -3.30. The molecule has 0 saturated carbocycles. The van der Waals surface area contributed by atoms with Crippen LogP contribution in [-0.4, -0.2) is 30.2 Å². The van der Waals surface area contributed by atoms with E-state index in [1.165, 1.54) is 41.9 Å². The number of nitrogens with zero attached hydrogens (tertiary/aromatic N) is 2. The molecule has 0 bridgehead atoms. The second-order valence-electron chi connectivity index (χ2n) is 6.74. The van der Waals surface area contributed by atoms with E-state index < -0.39 is 15.7 Å². The molecule has 9 heteroatoms. The molecule has 0 fully saturated rings. The van der Waals surface area contributed by atoms with Gasteiger partial charge >= 0.3 is 0 Å². The molecule has 0 aliphatic carbocycles. The minimum Gasteiger partial charge on any atom is -0.267 e. The largest absolute Gasteiger partial charge is 0.281 e. The van der Waals surface area contributed by atoms with Crippen LogP contribution in [0.4, 0.5) is 0 Å². The van der Waals surface area contributed by atoms with Crippen LogP contribution in [0.3, 0.4) is 0 Å². The van der Waals surface area contributed by atoms with Crippen molar-refractivity contribution in [3.63, 3.8) is 0 Å². The molecule has 30 heavy (non-hydrogen) atoms. The lowest BCUT2D eigenvalue weighted by atomic mass is 10.0. The number of hydrogen-bond donors (Lipinski definition) is 1. The van der Waals surface area contributed by atoms with Gasteiger partial charge in [0.25, 0.3) is 11.5 Å². The molecule has 2 aromatic heterocycles. The Kier molecular flexibility index (Phi) is 5.00. The van der Waals surface area contributed by atoms with E-state index in [1.54, 1.807) is 0 Å². The molecule has 1 N–H and O–H groups in total. The number of aromatic nitrogens is 2. The molecule has 7 nitrogen and oxygen atoms in total. The number of sulfone groups is 1. The summed E-state index contributed by atoms with van der Waals surface area (Å²) in [7, 11) is -3.36. The Morgan fingerprint density at radius 1 is 1.07 bits per heavy atom. The van der Waals surface area contributed by atoms with Crippen molar-refractivity contribution >= 4 is 37.3 Å². The fourth-order valence-electron chi connectivity index (χ4n) is 3.16. The number of hydrogen-bond acceptors (Lipinski definition) is 6. The Labute approximate surface area is 176 Å². The minimum atomic E-state index is -3.36. The van der Waals surface area contributed by atoms with Crippen LogP contribution in [0.25, 0.3) is 21.3 Å². The summed E-state index contributed by atoms with van der Waals surface area (Å²) in [5.74, 6) is -0.550. The fourth-order valence-corrected chi connectivity index (χ4v) is 4.80. The van der Waals surface area contributed by atoms with E-state index in [9.17, 15) is 18.0 Å². The van der Waals surface area contributed by atoms with E-state index in [2.05, 4.69) is 10.4 Å². The second kappa shape index (κ2) is 7.51. The predicted molar refractivity (Wildman–Crippen MR) is 117 cm³/mol. The van der Waals surface area contributed by atoms with E-state index in [-0.39, 0.29) is 16.0 Å². The van der Waals surface area contributed by atoms with Crippen LogP contribution >= 0.6 is 11.3 Å². The summed E-state index contributed by atoms with van der Waals surface area (Å²) in [5, 5.41) is 0.443. The van der Waals surface area contributed by atoms with Crippen LogP contribution in [-0.2, 0) is 9.84 Å². The number of fused-ring (bicyclic) bond motifs is 1. The molecule has 152 valence electrons. The molecule has 1 amide bonds. The number of rotatable bonds is 4. The maximum Gasteiger partial charge on any atom is 0.281 e. The number of carbonyl (C=O) groups excluding carboxylic acids is 1. The molecule has 0 aliphatic rings. The Balaban J connectivity index is 1.73. The van der Waals surface area contributed by atoms with Gasteiger partial charge in [-0.25, -0.2) is 18.1 Å². The van der Waals surface area contributed by atoms with Crippen LogP contribution in [0, 0.1) is 6.92 Å². The topological polar surface area (TPSA) is 98.1 Å². The quantitative estimate of drug-likeness (QED) is 0.526. The zero-order valence-electron chi connectivity index (χ0n) is 16.1. The number of amides is 1. The third kappa shape index (κ3) is 3.64. The summed E-state index contributed by atoms with van der Waals surface area (Å²) < 4.78 is 24.2. The SMILES string of the molecule is Cc1sc2ncn(NC(=O)c3ccc(S(C)(=O)=O)cc3)c(=O)c2c1-c1ccccc1. The third-order valence-corrected chi connectivity index (χ3v) is 6.76. The van der Waals surface area contributed by atoms with Crippen LogP contribution < -0.4 is 11.0 Å². The zero-order valence-corrected chi connectivity index (χ0v) is 17.8. The number of aryl methyl sites for hydroxylation is 1. The summed E-state index contributed by atoms with van der Waals surface area (Å²) >= 11 is 1.42. The maximum absolute atomic E-state index is 13.1. The lowest BCUT2D eigenvalue weighted by Crippen LogP contribution is -2.33. The van der Waals surface area contributed by atoms with Gasteiger partial charge in [0.2, 0.25) is 0 Å². The van der Waals surface area contributed by atoms with Gasteiger partial charge in [-0.05, 0) is 36.8 Å². The number of benzene rings is 2. The Morgan fingerprint density at radius 2 is 1.73 bits per heavy atom. The van der Waals surface area contributed by atoms with Gasteiger partial charge in [0.15, 0.2) is 9.84 Å². The van der Waals surface area contributed by atoms with Crippen LogP contribution in [0.5, 0.6) is 0 Å². The summed E-state index contributed by atoms with van der Waals surface area (Å²) in [4.78, 5) is 31.7. The highest BCUT2D eigenvalue weighted by molar-refractivity contribution is 7.90. The van der Waals surface area contributed by atoms with Crippen molar-refractivity contribution in [2.45, 2.75) is 11.8 Å². The highest BCUT2D eigenvalue weighted by atomic mass is 32.2. The van der Waals surface area contributed by atoms with Crippen LogP contribution in [0.2, 0.25) is 0 Å². The third-order valence-electron chi connectivity index (χ3n) is 4.62. The van der Waals surface area contributed by atoms with Crippen molar-refractivity contribution < 1.29 is 13.2 Å². The fraction of sp³-hybridized carbons (Fsp3) is 0.0952. The van der Waals surface area contributed by atoms with Crippen molar-refractivity contribution in [3.8, 4) is 11.1 Å². The van der Waals surface area contributed by atoms with E-state index in [1.807, 2.05) is 37.3 Å². The zero-order chi connectivity index (χ0) is 21.5. The van der Waals surface area contributed by atoms with Crippen molar-refractivity contribution in [2.24, 2.45) is 0 Å². The molecule has 2 aromatic carbocycles. The number of carbonyl (C=O) groups is 1. The summed E-state index contributed by atoms with van der Waals surface area (Å²) in [6.45, 7) is 1.93. The molecule has 0 saturated heterocycles. The van der Waals surface area contributed by atoms with E-state index in [0.29, 0.717) is 10.2 Å². The average molecular weight is 440 g/mol. The summed E-state index contributed by atoms with van der Waals surface area (Å²) in [6, 6.07) is 15.0. The minimum absolute atomic E-state index is 0.112. The Bertz CT molecular complexity index is 1420. The lowest BCUT2D eigenvalue weighted by Gasteiger charge is -2.09. The summed E-state index contributed by atoms with van der Waals surface area (Å²) in [5.41, 5.74) is 4.06. The molecule has 0 aliphatic heterocycles. The van der Waals surface area contributed by atoms with Gasteiger partial charge in [0.05, 0.1) is 10.3 Å². The molecule has 4 aromatic rings. The predicted octanol–water partition coefficient (Wildman–Crippen LogP) is 3.22. The average Bonchev–Trinajstić information content (AvgIpc) is 3.07. The van der Waals surface area contributed by atoms with Crippen LogP contribution in [0.15, 0.2) is 70.6 Å². The molecule has 0 atom stereocenters. The van der Waals surface area contributed by atoms with Gasteiger partial charge in [-0.2, -0.15) is 0 Å². The lowest BCUT2D eigenvalue weighted by molar-refractivity contribution is 0.101. The van der Waals surface area contributed by atoms with Gasteiger partial charge < -0.3 is 0 Å². The van der Waals surface area contributed by atoms with Gasteiger partial charge in [-0.3, -0.25) is 15.0 Å². The second-order valence-corrected chi connectivity index (χ2v) is 9.96. The van der Waals surface area contributed by atoms with E-state index in [4.69, 9.17) is 0 Å². The molecule has 2 heterocycles. The van der Waals surface area contributed by atoms with Crippen molar-refractivity contribution in [2.75, 3.05) is 11.7 Å². The molecule has 0 radical (unpaired) electrons. The first-order chi connectivity index (χ1) is 14.3. The van der Waals surface area contributed by atoms with E-state index >= 15 is 0 Å². The van der Waals surface area contributed by atoms with Crippen LogP contribution in [0.1, 0.15) is 15.2 Å². The first kappa shape index (κ1) is 20.0. The number of thiophene rings is 1. The molecule has 0 spiro atoms. The van der Waals surface area contributed by atoms with Gasteiger partial charge in [0.1, 0.15) is 11.2 Å². The summed E-state index contributed by atoms with van der Waals surface area (Å²) in [6.07, 6.45) is 2.37. The molecular formula is C21H17N3O4S2. The number of nitrogens with one attached hydrogen (secondary N) is 1. The Morgan fingerprint density at radius 3 is 2.37 bits per heavy atom. The molecule has 4 rings (SSSR count). The van der Waals surface area contributed by atoms with Gasteiger partial charge in [-0.15, -0.1) is 11.3 Å².